The minimum atomic E-state index is 0.445. The lowest BCUT2D eigenvalue weighted by Gasteiger charge is -2.14. The summed E-state index contributed by atoms with van der Waals surface area (Å²) >= 11 is 8.53. The Balaban J connectivity index is 0.00000114. The first kappa shape index (κ1) is 23.2. The second-order valence-electron chi connectivity index (χ2n) is 6.97. The average molecular weight is 415 g/mol. The van der Waals surface area contributed by atoms with E-state index in [2.05, 4.69) is 55.3 Å². The van der Waals surface area contributed by atoms with E-state index in [9.17, 15) is 0 Å². The van der Waals surface area contributed by atoms with Crippen LogP contribution in [0.15, 0.2) is 36.4 Å². The second-order valence-corrected chi connectivity index (χ2v) is 7.44. The van der Waals surface area contributed by atoms with Crippen molar-refractivity contribution in [1.29, 1.82) is 0 Å². The van der Waals surface area contributed by atoms with Gasteiger partial charge in [0, 0.05) is 0 Å². The van der Waals surface area contributed by atoms with E-state index >= 15 is 0 Å². The Morgan fingerprint density at radius 1 is 0.741 bits per heavy atom. The first-order valence-electron chi connectivity index (χ1n) is 8.72. The van der Waals surface area contributed by atoms with Crippen molar-refractivity contribution in [3.05, 3.63) is 36.4 Å². The highest BCUT2D eigenvalue weighted by atomic mass is 35.6. The fraction of sp³-hybridized carbons (Fsp3) is 0.400. The molecule has 0 atom stereocenters. The minimum Gasteiger partial charge on any atom is -0.491 e. The number of ether oxygens (including phenoxy) is 2. The van der Waals surface area contributed by atoms with E-state index in [-0.39, 0.29) is 0 Å². The molecule has 27 heavy (non-hydrogen) atoms. The summed E-state index contributed by atoms with van der Waals surface area (Å²) in [5.41, 5.74) is 15.4. The van der Waals surface area contributed by atoms with Crippen LogP contribution in [0, 0.1) is 11.8 Å². The SMILES string of the molecule is CC(C)COc1cc(-c2ccc(N)c(OCC(C)C)c2)ccc1N.ClOCl. The van der Waals surface area contributed by atoms with Crippen molar-refractivity contribution in [2.75, 3.05) is 24.7 Å². The van der Waals surface area contributed by atoms with Gasteiger partial charge in [-0.25, -0.2) is 0 Å². The van der Waals surface area contributed by atoms with Gasteiger partial charge in [-0.1, -0.05) is 39.8 Å². The average Bonchev–Trinajstić information content (AvgIpc) is 2.61. The third-order valence-corrected chi connectivity index (χ3v) is 3.50. The zero-order chi connectivity index (χ0) is 20.4. The Labute approximate surface area is 171 Å². The number of halogens is 2. The van der Waals surface area contributed by atoms with Crippen LogP contribution < -0.4 is 20.9 Å². The van der Waals surface area contributed by atoms with Crippen molar-refractivity contribution in [3.63, 3.8) is 0 Å². The lowest BCUT2D eigenvalue weighted by atomic mass is 10.0. The van der Waals surface area contributed by atoms with Crippen molar-refractivity contribution in [2.24, 2.45) is 11.8 Å². The van der Waals surface area contributed by atoms with Gasteiger partial charge in [0.15, 0.2) is 0 Å². The predicted octanol–water partition coefficient (Wildman–Crippen LogP) is 5.90. The van der Waals surface area contributed by atoms with E-state index in [1.54, 1.807) is 0 Å². The summed E-state index contributed by atoms with van der Waals surface area (Å²) in [6, 6.07) is 11.6. The molecule has 0 heterocycles. The van der Waals surface area contributed by atoms with Gasteiger partial charge in [-0.3, -0.25) is 0 Å². The Bertz CT molecular complexity index is 650. The normalized spacial score (nSPS) is 10.5. The summed E-state index contributed by atoms with van der Waals surface area (Å²) in [7, 11) is 0. The number of nitrogens with two attached hydrogens (primary N) is 2. The van der Waals surface area contributed by atoms with E-state index in [4.69, 9.17) is 20.9 Å². The molecule has 0 saturated heterocycles. The molecule has 0 aliphatic carbocycles. The molecule has 0 aliphatic rings. The van der Waals surface area contributed by atoms with Crippen LogP contribution in [-0.4, -0.2) is 13.2 Å². The summed E-state index contributed by atoms with van der Waals surface area (Å²) < 4.78 is 14.8. The van der Waals surface area contributed by atoms with Gasteiger partial charge >= 0.3 is 0 Å². The third-order valence-electron chi connectivity index (χ3n) is 3.50. The Kier molecular flexibility index (Phi) is 10.1. The van der Waals surface area contributed by atoms with Gasteiger partial charge in [0.1, 0.15) is 11.5 Å². The first-order chi connectivity index (χ1) is 12.8. The molecule has 0 aromatic heterocycles. The summed E-state index contributed by atoms with van der Waals surface area (Å²) in [5, 5.41) is 0. The first-order valence-corrected chi connectivity index (χ1v) is 9.34. The summed E-state index contributed by atoms with van der Waals surface area (Å²) in [6.45, 7) is 9.71. The molecule has 0 fully saturated rings. The maximum atomic E-state index is 6.02. The van der Waals surface area contributed by atoms with E-state index < -0.39 is 0 Å². The van der Waals surface area contributed by atoms with Gasteiger partial charge in [0.2, 0.25) is 0 Å². The number of nitrogen functional groups attached to an aromatic ring is 2. The van der Waals surface area contributed by atoms with Crippen molar-refractivity contribution < 1.29 is 13.3 Å². The minimum absolute atomic E-state index is 0.445. The van der Waals surface area contributed by atoms with Crippen molar-refractivity contribution in [3.8, 4) is 22.6 Å². The van der Waals surface area contributed by atoms with Crippen molar-refractivity contribution in [1.82, 2.24) is 0 Å². The number of rotatable bonds is 7. The topological polar surface area (TPSA) is 79.7 Å². The second kappa shape index (κ2) is 11.8. The maximum absolute atomic E-state index is 6.02. The molecule has 0 spiro atoms. The van der Waals surface area contributed by atoms with E-state index in [0.29, 0.717) is 47.9 Å². The van der Waals surface area contributed by atoms with Crippen LogP contribution in [0.1, 0.15) is 27.7 Å². The Morgan fingerprint density at radius 2 is 1.07 bits per heavy atom. The summed E-state index contributed by atoms with van der Waals surface area (Å²) in [4.78, 5) is 0. The highest BCUT2D eigenvalue weighted by Crippen LogP contribution is 2.33. The third kappa shape index (κ3) is 8.16. The summed E-state index contributed by atoms with van der Waals surface area (Å²) in [6.07, 6.45) is 0. The smallest absolute Gasteiger partial charge is 0.142 e. The van der Waals surface area contributed by atoms with Crippen LogP contribution in [-0.2, 0) is 3.84 Å². The lowest BCUT2D eigenvalue weighted by molar-refractivity contribution is 0.272. The van der Waals surface area contributed by atoms with Gasteiger partial charge in [-0.2, -0.15) is 3.84 Å². The molecule has 0 radical (unpaired) electrons. The molecule has 5 nitrogen and oxygen atoms in total. The van der Waals surface area contributed by atoms with E-state index in [0.717, 1.165) is 11.1 Å². The molecule has 2 rings (SSSR count). The fourth-order valence-corrected chi connectivity index (χ4v) is 2.19. The van der Waals surface area contributed by atoms with Gasteiger partial charge < -0.3 is 20.9 Å². The monoisotopic (exact) mass is 414 g/mol. The molecule has 0 amide bonds. The number of hydrogen-bond donors (Lipinski definition) is 2. The Hall–Kier alpha value is -1.82. The van der Waals surface area contributed by atoms with Crippen molar-refractivity contribution in [2.45, 2.75) is 27.7 Å². The quantitative estimate of drug-likeness (QED) is 0.551. The largest absolute Gasteiger partial charge is 0.491 e. The van der Waals surface area contributed by atoms with Crippen LogP contribution >= 0.6 is 23.7 Å². The van der Waals surface area contributed by atoms with E-state index in [1.807, 2.05) is 36.4 Å². The lowest BCUT2D eigenvalue weighted by Crippen LogP contribution is -2.06. The highest BCUT2D eigenvalue weighted by molar-refractivity contribution is 6.24. The molecule has 0 saturated carbocycles. The van der Waals surface area contributed by atoms with Crippen LogP contribution in [0.5, 0.6) is 11.5 Å². The van der Waals surface area contributed by atoms with Crippen LogP contribution in [0.4, 0.5) is 11.4 Å². The van der Waals surface area contributed by atoms with Gasteiger partial charge in [-0.05, 0) is 47.2 Å². The standard InChI is InChI=1S/C20H28N2O2.Cl2O/c1-13(2)11-23-19-9-15(5-7-17(19)21)16-6-8-18(22)20(10-16)24-12-14(3)4;1-3-2/h5-10,13-14H,11-12,21-22H2,1-4H3;. The van der Waals surface area contributed by atoms with Gasteiger partial charge in [-0.15, -0.1) is 0 Å². The molecule has 2 aromatic carbocycles. The van der Waals surface area contributed by atoms with Gasteiger partial charge in [0.25, 0.3) is 0 Å². The molecule has 4 N–H and O–H groups in total. The molecule has 0 bridgehead atoms. The molecule has 7 heteroatoms. The maximum Gasteiger partial charge on any atom is 0.142 e. The zero-order valence-electron chi connectivity index (χ0n) is 16.2. The van der Waals surface area contributed by atoms with Crippen LogP contribution in [0.2, 0.25) is 0 Å². The molecule has 150 valence electrons. The fourth-order valence-electron chi connectivity index (χ4n) is 2.19. The van der Waals surface area contributed by atoms with Crippen LogP contribution in [0.25, 0.3) is 11.1 Å². The molecular weight excluding hydrogens is 387 g/mol. The van der Waals surface area contributed by atoms with E-state index in [1.165, 1.54) is 0 Å². The van der Waals surface area contributed by atoms with Crippen molar-refractivity contribution >= 4 is 35.1 Å². The Morgan fingerprint density at radius 3 is 1.37 bits per heavy atom. The summed E-state index contributed by atoms with van der Waals surface area (Å²) in [5.74, 6) is 2.31. The highest BCUT2D eigenvalue weighted by Gasteiger charge is 2.09. The zero-order valence-corrected chi connectivity index (χ0v) is 17.7. The molecular formula is C20H28Cl2N2O3. The molecule has 0 unspecified atom stereocenters. The number of benzene rings is 2. The predicted molar refractivity (Wildman–Crippen MR) is 114 cm³/mol. The van der Waals surface area contributed by atoms with Crippen LogP contribution in [0.3, 0.4) is 0 Å². The number of hydrogen-bond acceptors (Lipinski definition) is 5. The molecule has 2 aromatic rings. The number of anilines is 2. The van der Waals surface area contributed by atoms with Gasteiger partial charge in [0.05, 0.1) is 48.3 Å². The molecule has 0 aliphatic heterocycles.